The van der Waals surface area contributed by atoms with Crippen molar-refractivity contribution >= 4 is 11.7 Å². The fraction of sp³-hybridized carbons (Fsp3) is 0.417. The number of carboxylic acids is 1. The van der Waals surface area contributed by atoms with Crippen LogP contribution in [0.5, 0.6) is 0 Å². The van der Waals surface area contributed by atoms with Crippen LogP contribution in [-0.4, -0.2) is 17.6 Å². The third kappa shape index (κ3) is 4.65. The second-order valence-corrected chi connectivity index (χ2v) is 4.16. The zero-order valence-electron chi connectivity index (χ0n) is 9.79. The van der Waals surface area contributed by atoms with E-state index in [1.807, 2.05) is 0 Å². The minimum Gasteiger partial charge on any atom is -0.481 e. The van der Waals surface area contributed by atoms with Crippen LogP contribution in [0.15, 0.2) is 24.3 Å². The summed E-state index contributed by atoms with van der Waals surface area (Å²) in [6.45, 7) is 2.16. The highest BCUT2D eigenvalue weighted by Crippen LogP contribution is 2.29. The molecule has 1 unspecified atom stereocenters. The summed E-state index contributed by atoms with van der Waals surface area (Å²) in [7, 11) is 0. The molecule has 1 aromatic carbocycles. The molecule has 0 saturated carbocycles. The Labute approximate surface area is 103 Å². The number of nitrogens with one attached hydrogen (secondary N) is 1. The van der Waals surface area contributed by atoms with Crippen molar-refractivity contribution in [3.05, 3.63) is 29.8 Å². The lowest BCUT2D eigenvalue weighted by atomic mass is 10.1. The summed E-state index contributed by atoms with van der Waals surface area (Å²) in [6.07, 6.45) is -4.32. The maximum Gasteiger partial charge on any atom is 0.416 e. The number of anilines is 1. The van der Waals surface area contributed by atoms with Crippen molar-refractivity contribution in [2.75, 3.05) is 11.9 Å². The third-order valence-electron chi connectivity index (χ3n) is 2.39. The van der Waals surface area contributed by atoms with E-state index in [0.29, 0.717) is 12.2 Å². The number of benzene rings is 1. The average Bonchev–Trinajstić information content (AvgIpc) is 2.25. The summed E-state index contributed by atoms with van der Waals surface area (Å²) in [6, 6.07) is 4.64. The summed E-state index contributed by atoms with van der Waals surface area (Å²) >= 11 is 0. The topological polar surface area (TPSA) is 49.3 Å². The summed E-state index contributed by atoms with van der Waals surface area (Å²) in [5, 5.41) is 11.5. The Morgan fingerprint density at radius 3 is 2.33 bits per heavy atom. The van der Waals surface area contributed by atoms with Crippen LogP contribution < -0.4 is 5.32 Å². The van der Waals surface area contributed by atoms with Crippen LogP contribution in [0.25, 0.3) is 0 Å². The Morgan fingerprint density at radius 2 is 1.89 bits per heavy atom. The molecular formula is C12H14F3NO2. The van der Waals surface area contributed by atoms with E-state index in [2.05, 4.69) is 5.32 Å². The van der Waals surface area contributed by atoms with E-state index >= 15 is 0 Å². The highest BCUT2D eigenvalue weighted by molar-refractivity contribution is 5.67. The fourth-order valence-corrected chi connectivity index (χ4v) is 1.44. The van der Waals surface area contributed by atoms with Gasteiger partial charge >= 0.3 is 12.1 Å². The summed E-state index contributed by atoms with van der Waals surface area (Å²) in [4.78, 5) is 10.4. The van der Waals surface area contributed by atoms with Gasteiger partial charge in [-0.25, -0.2) is 0 Å². The minimum absolute atomic E-state index is 0.0215. The van der Waals surface area contributed by atoms with Crippen molar-refractivity contribution < 1.29 is 23.1 Å². The van der Waals surface area contributed by atoms with Gasteiger partial charge in [-0.05, 0) is 30.2 Å². The summed E-state index contributed by atoms with van der Waals surface area (Å²) < 4.78 is 36.9. The molecule has 0 aliphatic carbocycles. The molecule has 0 aliphatic heterocycles. The van der Waals surface area contributed by atoms with E-state index in [-0.39, 0.29) is 12.3 Å². The second-order valence-electron chi connectivity index (χ2n) is 4.16. The van der Waals surface area contributed by atoms with Crippen LogP contribution >= 0.6 is 0 Å². The molecule has 1 rings (SSSR count). The van der Waals surface area contributed by atoms with Crippen molar-refractivity contribution in [3.8, 4) is 0 Å². The van der Waals surface area contributed by atoms with Gasteiger partial charge in [0.25, 0.3) is 0 Å². The van der Waals surface area contributed by atoms with Gasteiger partial charge in [-0.15, -0.1) is 0 Å². The van der Waals surface area contributed by atoms with Crippen LogP contribution in [0.4, 0.5) is 18.9 Å². The van der Waals surface area contributed by atoms with E-state index < -0.39 is 17.7 Å². The number of hydrogen-bond donors (Lipinski definition) is 2. The molecule has 0 fully saturated rings. The molecule has 18 heavy (non-hydrogen) atoms. The number of carbonyl (C=O) groups is 1. The largest absolute Gasteiger partial charge is 0.481 e. The Bertz CT molecular complexity index is 401. The van der Waals surface area contributed by atoms with Gasteiger partial charge in [-0.1, -0.05) is 6.92 Å². The lowest BCUT2D eigenvalue weighted by molar-refractivity contribution is -0.138. The number of halogens is 3. The summed E-state index contributed by atoms with van der Waals surface area (Å²) in [5.74, 6) is -0.985. The zero-order valence-corrected chi connectivity index (χ0v) is 9.79. The van der Waals surface area contributed by atoms with Gasteiger partial charge in [0.2, 0.25) is 0 Å². The van der Waals surface area contributed by atoms with E-state index in [1.165, 1.54) is 12.1 Å². The molecule has 0 saturated heterocycles. The van der Waals surface area contributed by atoms with Gasteiger partial charge < -0.3 is 10.4 Å². The average molecular weight is 261 g/mol. The van der Waals surface area contributed by atoms with Crippen LogP contribution in [0, 0.1) is 5.92 Å². The SMILES string of the molecule is CC(CNc1ccc(C(F)(F)F)cc1)CC(=O)O. The number of carboxylic acid groups (broad SMARTS) is 1. The Balaban J connectivity index is 2.52. The van der Waals surface area contributed by atoms with Gasteiger partial charge in [0.05, 0.1) is 5.56 Å². The maximum atomic E-state index is 12.3. The van der Waals surface area contributed by atoms with Crippen molar-refractivity contribution in [3.63, 3.8) is 0 Å². The molecule has 0 amide bonds. The first-order valence-electron chi connectivity index (χ1n) is 5.42. The predicted molar refractivity (Wildman–Crippen MR) is 61.4 cm³/mol. The van der Waals surface area contributed by atoms with Crippen LogP contribution in [0.1, 0.15) is 18.9 Å². The van der Waals surface area contributed by atoms with Gasteiger partial charge in [-0.2, -0.15) is 13.2 Å². The molecule has 1 atom stereocenters. The summed E-state index contributed by atoms with van der Waals surface area (Å²) in [5.41, 5.74) is -0.160. The Morgan fingerprint density at radius 1 is 1.33 bits per heavy atom. The van der Waals surface area contributed by atoms with Crippen LogP contribution in [-0.2, 0) is 11.0 Å². The Hall–Kier alpha value is -1.72. The van der Waals surface area contributed by atoms with Crippen molar-refractivity contribution in [1.82, 2.24) is 0 Å². The van der Waals surface area contributed by atoms with E-state index in [9.17, 15) is 18.0 Å². The molecule has 100 valence electrons. The maximum absolute atomic E-state index is 12.3. The van der Waals surface area contributed by atoms with Gasteiger partial charge in [0.1, 0.15) is 0 Å². The molecule has 0 radical (unpaired) electrons. The normalized spacial score (nSPS) is 13.1. The van der Waals surface area contributed by atoms with Gasteiger partial charge in [0.15, 0.2) is 0 Å². The standard InChI is InChI=1S/C12H14F3NO2/c1-8(6-11(17)18)7-16-10-4-2-9(3-5-10)12(13,14)15/h2-5,8,16H,6-7H2,1H3,(H,17,18). The first-order valence-corrected chi connectivity index (χ1v) is 5.42. The molecule has 0 aliphatic rings. The van der Waals surface area contributed by atoms with Crippen molar-refractivity contribution in [1.29, 1.82) is 0 Å². The first kappa shape index (κ1) is 14.3. The molecule has 3 nitrogen and oxygen atoms in total. The van der Waals surface area contributed by atoms with Crippen molar-refractivity contribution in [2.45, 2.75) is 19.5 Å². The number of alkyl halides is 3. The molecular weight excluding hydrogens is 247 g/mol. The molecule has 0 aromatic heterocycles. The second kappa shape index (κ2) is 5.75. The monoisotopic (exact) mass is 261 g/mol. The lowest BCUT2D eigenvalue weighted by Gasteiger charge is -2.12. The molecule has 0 bridgehead atoms. The van der Waals surface area contributed by atoms with Gasteiger partial charge in [0, 0.05) is 18.7 Å². The van der Waals surface area contributed by atoms with Gasteiger partial charge in [-0.3, -0.25) is 4.79 Å². The number of rotatable bonds is 5. The first-order chi connectivity index (χ1) is 8.29. The highest BCUT2D eigenvalue weighted by Gasteiger charge is 2.29. The van der Waals surface area contributed by atoms with E-state index in [0.717, 1.165) is 12.1 Å². The van der Waals surface area contributed by atoms with Crippen molar-refractivity contribution in [2.24, 2.45) is 5.92 Å². The third-order valence-corrected chi connectivity index (χ3v) is 2.39. The number of aliphatic carboxylic acids is 1. The molecule has 2 N–H and O–H groups in total. The number of hydrogen-bond acceptors (Lipinski definition) is 2. The van der Waals surface area contributed by atoms with Crippen LogP contribution in [0.3, 0.4) is 0 Å². The molecule has 1 aromatic rings. The van der Waals surface area contributed by atoms with Crippen LogP contribution in [0.2, 0.25) is 0 Å². The molecule has 0 spiro atoms. The molecule has 6 heteroatoms. The predicted octanol–water partition coefficient (Wildman–Crippen LogP) is 3.23. The lowest BCUT2D eigenvalue weighted by Crippen LogP contribution is -2.15. The van der Waals surface area contributed by atoms with E-state index in [4.69, 9.17) is 5.11 Å². The molecule has 0 heterocycles. The Kier molecular flexibility index (Phi) is 4.58. The smallest absolute Gasteiger partial charge is 0.416 e. The zero-order chi connectivity index (χ0) is 13.8. The highest BCUT2D eigenvalue weighted by atomic mass is 19.4. The quantitative estimate of drug-likeness (QED) is 0.855. The minimum atomic E-state index is -4.34. The van der Waals surface area contributed by atoms with E-state index in [1.54, 1.807) is 6.92 Å². The fourth-order valence-electron chi connectivity index (χ4n) is 1.44.